The topological polar surface area (TPSA) is 49.6 Å². The van der Waals surface area contributed by atoms with E-state index < -0.39 is 5.54 Å². The van der Waals surface area contributed by atoms with Gasteiger partial charge in [-0.25, -0.2) is 0 Å². The fourth-order valence-electron chi connectivity index (χ4n) is 5.99. The first-order chi connectivity index (χ1) is 18.0. The van der Waals surface area contributed by atoms with Crippen molar-refractivity contribution in [2.75, 3.05) is 20.6 Å². The molecule has 1 amide bonds. The number of benzene rings is 4. The second-order valence-corrected chi connectivity index (χ2v) is 10.1. The molecule has 1 atom stereocenters. The number of nitrogens with two attached hydrogens (primary N) is 1. The van der Waals surface area contributed by atoms with Crippen molar-refractivity contribution in [2.45, 2.75) is 30.0 Å². The fraction of sp³-hybridized carbons (Fsp3) is 0.242. The van der Waals surface area contributed by atoms with Crippen LogP contribution in [0.25, 0.3) is 0 Å². The number of likely N-dealkylation sites (N-methyl/N-ethyl adjacent to an activating group) is 1. The van der Waals surface area contributed by atoms with Crippen molar-refractivity contribution in [3.8, 4) is 0 Å². The standard InChI is InChI=1S/C33H35N3O/c1-35-24-23-30(25-32(35,26-15-7-3-8-16-26)27-17-9-4-10-18-27)36(2)31(37)33(34,28-19-11-5-12-20-28)29-21-13-6-14-22-29/h3-22,30H,23-25,34H2,1-2H3. The van der Waals surface area contributed by atoms with Gasteiger partial charge in [-0.1, -0.05) is 121 Å². The summed E-state index contributed by atoms with van der Waals surface area (Å²) in [6.07, 6.45) is 1.65. The Bertz CT molecular complexity index is 1230. The average molecular weight is 490 g/mol. The van der Waals surface area contributed by atoms with E-state index in [-0.39, 0.29) is 17.5 Å². The van der Waals surface area contributed by atoms with E-state index in [4.69, 9.17) is 5.73 Å². The Hall–Kier alpha value is -3.73. The highest BCUT2D eigenvalue weighted by Gasteiger charge is 2.48. The molecule has 0 spiro atoms. The molecule has 4 nitrogen and oxygen atoms in total. The zero-order valence-corrected chi connectivity index (χ0v) is 21.6. The van der Waals surface area contributed by atoms with Gasteiger partial charge in [0.05, 0.1) is 5.54 Å². The monoisotopic (exact) mass is 489 g/mol. The lowest BCUT2D eigenvalue weighted by atomic mass is 9.73. The Morgan fingerprint density at radius 2 is 1.19 bits per heavy atom. The maximum Gasteiger partial charge on any atom is 0.251 e. The molecule has 1 aliphatic rings. The van der Waals surface area contributed by atoms with Gasteiger partial charge in [0.2, 0.25) is 0 Å². The van der Waals surface area contributed by atoms with Crippen molar-refractivity contribution >= 4 is 5.91 Å². The molecule has 4 aromatic carbocycles. The van der Waals surface area contributed by atoms with Gasteiger partial charge in [-0.2, -0.15) is 0 Å². The zero-order valence-electron chi connectivity index (χ0n) is 21.6. The lowest BCUT2D eigenvalue weighted by Crippen LogP contribution is -2.60. The van der Waals surface area contributed by atoms with Gasteiger partial charge in [-0.3, -0.25) is 9.69 Å². The van der Waals surface area contributed by atoms with Crippen LogP contribution >= 0.6 is 0 Å². The molecular weight excluding hydrogens is 454 g/mol. The van der Waals surface area contributed by atoms with Gasteiger partial charge in [0.1, 0.15) is 5.54 Å². The molecule has 37 heavy (non-hydrogen) atoms. The molecule has 1 heterocycles. The molecule has 0 bridgehead atoms. The summed E-state index contributed by atoms with van der Waals surface area (Å²) < 4.78 is 0. The number of likely N-dealkylation sites (tertiary alicyclic amines) is 1. The highest BCUT2D eigenvalue weighted by Crippen LogP contribution is 2.44. The molecule has 2 N–H and O–H groups in total. The number of hydrogen-bond acceptors (Lipinski definition) is 3. The van der Waals surface area contributed by atoms with E-state index in [1.807, 2.05) is 72.6 Å². The summed E-state index contributed by atoms with van der Waals surface area (Å²) in [7, 11) is 4.12. The van der Waals surface area contributed by atoms with Crippen LogP contribution in [0, 0.1) is 0 Å². The highest BCUT2D eigenvalue weighted by atomic mass is 16.2. The van der Waals surface area contributed by atoms with Crippen molar-refractivity contribution in [2.24, 2.45) is 5.73 Å². The lowest BCUT2D eigenvalue weighted by molar-refractivity contribution is -0.138. The number of carbonyl (C=O) groups excluding carboxylic acids is 1. The summed E-state index contributed by atoms with van der Waals surface area (Å²) in [4.78, 5) is 18.8. The Morgan fingerprint density at radius 1 is 0.784 bits per heavy atom. The van der Waals surface area contributed by atoms with E-state index in [1.54, 1.807) is 0 Å². The molecule has 1 fully saturated rings. The SMILES string of the molecule is CN(C(=O)C(N)(c1ccccc1)c1ccccc1)C1CCN(C)C(c2ccccc2)(c2ccccc2)C1. The number of rotatable bonds is 6. The van der Waals surface area contributed by atoms with Gasteiger partial charge in [0.25, 0.3) is 5.91 Å². The van der Waals surface area contributed by atoms with Crippen molar-refractivity contribution in [1.29, 1.82) is 0 Å². The predicted molar refractivity (Wildman–Crippen MR) is 150 cm³/mol. The number of amides is 1. The largest absolute Gasteiger partial charge is 0.340 e. The Balaban J connectivity index is 1.56. The first-order valence-corrected chi connectivity index (χ1v) is 13.0. The third-order valence-electron chi connectivity index (χ3n) is 8.15. The fourth-order valence-corrected chi connectivity index (χ4v) is 5.99. The van der Waals surface area contributed by atoms with E-state index >= 15 is 0 Å². The van der Waals surface area contributed by atoms with E-state index in [2.05, 4.69) is 72.6 Å². The molecule has 0 saturated carbocycles. The third-order valence-corrected chi connectivity index (χ3v) is 8.15. The van der Waals surface area contributed by atoms with Crippen molar-refractivity contribution in [3.05, 3.63) is 144 Å². The van der Waals surface area contributed by atoms with Crippen LogP contribution in [0.5, 0.6) is 0 Å². The van der Waals surface area contributed by atoms with Crippen LogP contribution in [0.1, 0.15) is 35.1 Å². The quantitative estimate of drug-likeness (QED) is 0.395. The number of carbonyl (C=O) groups is 1. The smallest absolute Gasteiger partial charge is 0.251 e. The normalized spacial score (nSPS) is 17.8. The number of hydrogen-bond donors (Lipinski definition) is 1. The lowest BCUT2D eigenvalue weighted by Gasteiger charge is -2.51. The molecule has 0 radical (unpaired) electrons. The maximum absolute atomic E-state index is 14.4. The summed E-state index contributed by atoms with van der Waals surface area (Å²) in [5.74, 6) is -0.0884. The molecular formula is C33H35N3O. The van der Waals surface area contributed by atoms with Gasteiger partial charge in [0.15, 0.2) is 0 Å². The Kier molecular flexibility index (Phi) is 6.96. The van der Waals surface area contributed by atoms with E-state index in [0.29, 0.717) is 0 Å². The van der Waals surface area contributed by atoms with Crippen LogP contribution in [0.3, 0.4) is 0 Å². The van der Waals surface area contributed by atoms with Crippen molar-refractivity contribution in [1.82, 2.24) is 9.80 Å². The van der Waals surface area contributed by atoms with Gasteiger partial charge < -0.3 is 10.6 Å². The number of piperidine rings is 1. The van der Waals surface area contributed by atoms with Gasteiger partial charge in [0, 0.05) is 19.6 Å². The van der Waals surface area contributed by atoms with Gasteiger partial charge >= 0.3 is 0 Å². The second kappa shape index (κ2) is 10.3. The van der Waals surface area contributed by atoms with Gasteiger partial charge in [-0.05, 0) is 42.1 Å². The number of nitrogens with zero attached hydrogens (tertiary/aromatic N) is 2. The zero-order chi connectivity index (χ0) is 25.9. The minimum Gasteiger partial charge on any atom is -0.340 e. The summed E-state index contributed by atoms with van der Waals surface area (Å²) in [6.45, 7) is 0.861. The van der Waals surface area contributed by atoms with Crippen LogP contribution in [-0.2, 0) is 15.9 Å². The molecule has 188 valence electrons. The third kappa shape index (κ3) is 4.37. The second-order valence-electron chi connectivity index (χ2n) is 10.1. The minimum atomic E-state index is -1.28. The maximum atomic E-state index is 14.4. The summed E-state index contributed by atoms with van der Waals surface area (Å²) in [6, 6.07) is 40.8. The summed E-state index contributed by atoms with van der Waals surface area (Å²) >= 11 is 0. The molecule has 1 saturated heterocycles. The Morgan fingerprint density at radius 3 is 1.62 bits per heavy atom. The molecule has 1 aliphatic heterocycles. The van der Waals surface area contributed by atoms with E-state index in [1.165, 1.54) is 11.1 Å². The molecule has 0 aromatic heterocycles. The first kappa shape index (κ1) is 24.9. The molecule has 4 heteroatoms. The molecule has 4 aromatic rings. The van der Waals surface area contributed by atoms with E-state index in [0.717, 1.165) is 30.5 Å². The van der Waals surface area contributed by atoms with Crippen molar-refractivity contribution in [3.63, 3.8) is 0 Å². The van der Waals surface area contributed by atoms with Gasteiger partial charge in [-0.15, -0.1) is 0 Å². The van der Waals surface area contributed by atoms with Crippen molar-refractivity contribution < 1.29 is 4.79 Å². The summed E-state index contributed by atoms with van der Waals surface area (Å²) in [5.41, 5.74) is 9.54. The predicted octanol–water partition coefficient (Wildman–Crippen LogP) is 5.39. The van der Waals surface area contributed by atoms with Crippen LogP contribution in [0.4, 0.5) is 0 Å². The van der Waals surface area contributed by atoms with Crippen LogP contribution in [0.15, 0.2) is 121 Å². The first-order valence-electron chi connectivity index (χ1n) is 13.0. The average Bonchev–Trinajstić information content (AvgIpc) is 2.98. The summed E-state index contributed by atoms with van der Waals surface area (Å²) in [5, 5.41) is 0. The molecule has 0 aliphatic carbocycles. The van der Waals surface area contributed by atoms with Crippen LogP contribution in [0.2, 0.25) is 0 Å². The van der Waals surface area contributed by atoms with Crippen LogP contribution in [-0.4, -0.2) is 42.4 Å². The van der Waals surface area contributed by atoms with E-state index in [9.17, 15) is 4.79 Å². The Labute approximate surface area is 220 Å². The highest BCUT2D eigenvalue weighted by molar-refractivity contribution is 5.91. The van der Waals surface area contributed by atoms with Crippen LogP contribution < -0.4 is 5.73 Å². The molecule has 1 unspecified atom stereocenters. The molecule has 5 rings (SSSR count). The minimum absolute atomic E-state index is 0.0134.